The lowest BCUT2D eigenvalue weighted by molar-refractivity contribution is 0.946. The number of rotatable bonds is 7. The lowest BCUT2D eigenvalue weighted by Crippen LogP contribution is -2.06. The number of H-pyrrole nitrogens is 1. The molecule has 1 aromatic heterocycles. The molecule has 0 radical (unpaired) electrons. The summed E-state index contributed by atoms with van der Waals surface area (Å²) in [6, 6.07) is 20.3. The third kappa shape index (κ3) is 4.69. The van der Waals surface area contributed by atoms with Gasteiger partial charge in [-0.25, -0.2) is 0 Å². The van der Waals surface area contributed by atoms with Crippen LogP contribution in [0.25, 0.3) is 16.6 Å². The first kappa shape index (κ1) is 23.9. The summed E-state index contributed by atoms with van der Waals surface area (Å²) < 4.78 is -0.934. The van der Waals surface area contributed by atoms with Crippen LogP contribution >= 0.6 is 34.8 Å². The number of hydrogen-bond acceptors (Lipinski definition) is 2. The fourth-order valence-corrected chi connectivity index (χ4v) is 5.97. The van der Waals surface area contributed by atoms with Crippen molar-refractivity contribution in [1.82, 2.24) is 4.98 Å². The molecule has 2 atom stereocenters. The van der Waals surface area contributed by atoms with Crippen molar-refractivity contribution in [1.29, 1.82) is 0 Å². The Morgan fingerprint density at radius 3 is 2.43 bits per heavy atom. The van der Waals surface area contributed by atoms with Gasteiger partial charge in [0.1, 0.15) is 4.33 Å². The highest BCUT2D eigenvalue weighted by atomic mass is 35.5. The van der Waals surface area contributed by atoms with Crippen molar-refractivity contribution in [3.63, 3.8) is 0 Å². The number of hydrogen-bond donors (Lipinski definition) is 3. The Bertz CT molecular complexity index is 1450. The van der Waals surface area contributed by atoms with E-state index in [0.29, 0.717) is 5.02 Å². The Morgan fingerprint density at radius 1 is 0.914 bits per heavy atom. The minimum atomic E-state index is -0.934. The summed E-state index contributed by atoms with van der Waals surface area (Å²) in [5.41, 5.74) is 8.79. The van der Waals surface area contributed by atoms with E-state index in [1.165, 1.54) is 0 Å². The second-order valence-corrected chi connectivity index (χ2v) is 11.1. The van der Waals surface area contributed by atoms with Crippen molar-refractivity contribution in [2.45, 2.75) is 24.1 Å². The normalized spacial score (nSPS) is 18.3. The number of aryl methyl sites for hydroxylation is 2. The topological polar surface area (TPSA) is 39.9 Å². The number of allylic oxidation sites excluding steroid dienone is 1. The van der Waals surface area contributed by atoms with Crippen LogP contribution in [-0.2, 0) is 0 Å². The van der Waals surface area contributed by atoms with E-state index in [-0.39, 0.29) is 11.8 Å². The molecule has 0 saturated heterocycles. The number of anilines is 2. The summed E-state index contributed by atoms with van der Waals surface area (Å²) in [6.45, 7) is 12.6. The van der Waals surface area contributed by atoms with Crippen LogP contribution in [0.2, 0.25) is 5.02 Å². The number of aromatic nitrogens is 1. The van der Waals surface area contributed by atoms with Gasteiger partial charge in [0.05, 0.1) is 0 Å². The molecule has 0 aliphatic heterocycles. The van der Waals surface area contributed by atoms with Gasteiger partial charge in [-0.2, -0.15) is 0 Å². The lowest BCUT2D eigenvalue weighted by atomic mass is 10.0. The molecule has 3 aromatic carbocycles. The molecule has 1 saturated carbocycles. The molecule has 0 amide bonds. The summed E-state index contributed by atoms with van der Waals surface area (Å²) >= 11 is 19.7. The smallest absolute Gasteiger partial charge is 0.134 e. The first-order valence-electron chi connectivity index (χ1n) is 11.4. The van der Waals surface area contributed by atoms with E-state index in [0.717, 1.165) is 55.9 Å². The van der Waals surface area contributed by atoms with E-state index in [4.69, 9.17) is 34.8 Å². The molecular formula is C29H26Cl3N3. The highest BCUT2D eigenvalue weighted by Crippen LogP contribution is 2.67. The largest absolute Gasteiger partial charge is 0.361 e. The first-order valence-corrected chi connectivity index (χ1v) is 12.5. The summed E-state index contributed by atoms with van der Waals surface area (Å²) in [7, 11) is 0. The maximum Gasteiger partial charge on any atom is 0.134 e. The van der Waals surface area contributed by atoms with Gasteiger partial charge in [0.15, 0.2) is 0 Å². The van der Waals surface area contributed by atoms with Crippen molar-refractivity contribution >= 4 is 62.8 Å². The molecule has 0 spiro atoms. The Labute approximate surface area is 220 Å². The molecule has 4 aromatic rings. The zero-order valence-corrected chi connectivity index (χ0v) is 21.8. The molecule has 178 valence electrons. The minimum Gasteiger partial charge on any atom is -0.361 e. The maximum atomic E-state index is 6.70. The van der Waals surface area contributed by atoms with Crippen LogP contribution in [0.15, 0.2) is 85.7 Å². The van der Waals surface area contributed by atoms with E-state index < -0.39 is 4.33 Å². The van der Waals surface area contributed by atoms with E-state index in [1.54, 1.807) is 0 Å². The molecule has 1 fully saturated rings. The van der Waals surface area contributed by atoms with Crippen LogP contribution in [0.1, 0.15) is 28.2 Å². The van der Waals surface area contributed by atoms with Crippen molar-refractivity contribution in [2.75, 3.05) is 10.6 Å². The zero-order valence-electron chi connectivity index (χ0n) is 19.6. The van der Waals surface area contributed by atoms with Crippen LogP contribution in [0.5, 0.6) is 0 Å². The number of fused-ring (bicyclic) bond motifs is 1. The van der Waals surface area contributed by atoms with E-state index in [2.05, 4.69) is 66.0 Å². The highest BCUT2D eigenvalue weighted by Gasteiger charge is 2.65. The molecule has 0 bridgehead atoms. The van der Waals surface area contributed by atoms with E-state index in [1.807, 2.05) is 43.5 Å². The quantitative estimate of drug-likeness (QED) is 0.212. The standard InChI is InChI=1S/C29H26Cl3N3/c1-16-11-21(13-22(30)12-16)28-27(29(28,31)32)19(4)35-24-6-5-17(2)25(15-24)18(3)34-23-7-8-26-20(14-23)9-10-33-26/h5-15,27-28,33-35H,3-4H2,1-2H3. The van der Waals surface area contributed by atoms with Crippen LogP contribution in [0, 0.1) is 19.8 Å². The van der Waals surface area contributed by atoms with Crippen molar-refractivity contribution in [2.24, 2.45) is 5.92 Å². The average molecular weight is 523 g/mol. The fraction of sp³-hybridized carbons (Fsp3) is 0.172. The molecular weight excluding hydrogens is 497 g/mol. The van der Waals surface area contributed by atoms with Gasteiger partial charge in [-0.15, -0.1) is 23.2 Å². The Balaban J connectivity index is 1.33. The molecule has 2 unspecified atom stereocenters. The number of benzene rings is 3. The van der Waals surface area contributed by atoms with Gasteiger partial charge in [0.2, 0.25) is 0 Å². The number of alkyl halides is 2. The van der Waals surface area contributed by atoms with Gasteiger partial charge in [-0.1, -0.05) is 36.9 Å². The maximum absolute atomic E-state index is 6.70. The minimum absolute atomic E-state index is 0.0758. The summed E-state index contributed by atoms with van der Waals surface area (Å²) in [5.74, 6) is -0.212. The Hall–Kier alpha value is -2.85. The van der Waals surface area contributed by atoms with Crippen LogP contribution < -0.4 is 10.6 Å². The SMILES string of the molecule is C=C(Nc1ccc2[nH]ccc2c1)c1cc(NC(=C)C2C(c3cc(C)cc(Cl)c3)C2(Cl)Cl)ccc1C. The molecule has 1 heterocycles. The monoisotopic (exact) mass is 521 g/mol. The lowest BCUT2D eigenvalue weighted by Gasteiger charge is -2.16. The van der Waals surface area contributed by atoms with Crippen LogP contribution in [0.4, 0.5) is 11.4 Å². The second-order valence-electron chi connectivity index (χ2n) is 9.25. The molecule has 35 heavy (non-hydrogen) atoms. The summed E-state index contributed by atoms with van der Waals surface area (Å²) in [5, 5.41) is 8.68. The highest BCUT2D eigenvalue weighted by molar-refractivity contribution is 6.52. The third-order valence-electron chi connectivity index (χ3n) is 6.57. The number of halogens is 3. The Kier molecular flexibility index (Phi) is 6.13. The van der Waals surface area contributed by atoms with Crippen LogP contribution in [0.3, 0.4) is 0 Å². The van der Waals surface area contributed by atoms with Gasteiger partial charge < -0.3 is 15.6 Å². The fourth-order valence-electron chi connectivity index (χ4n) is 4.78. The molecule has 3 N–H and O–H groups in total. The predicted octanol–water partition coefficient (Wildman–Crippen LogP) is 9.03. The number of nitrogens with one attached hydrogen (secondary N) is 3. The molecule has 5 rings (SSSR count). The van der Waals surface area contributed by atoms with Gasteiger partial charge >= 0.3 is 0 Å². The van der Waals surface area contributed by atoms with Gasteiger partial charge in [0, 0.05) is 62.3 Å². The van der Waals surface area contributed by atoms with Gasteiger partial charge in [0.25, 0.3) is 0 Å². The van der Waals surface area contributed by atoms with E-state index >= 15 is 0 Å². The van der Waals surface area contributed by atoms with E-state index in [9.17, 15) is 0 Å². The van der Waals surface area contributed by atoms with Crippen molar-refractivity contribution in [3.8, 4) is 0 Å². The zero-order chi connectivity index (χ0) is 24.9. The summed E-state index contributed by atoms with van der Waals surface area (Å²) in [4.78, 5) is 3.21. The van der Waals surface area contributed by atoms with Gasteiger partial charge in [-0.05, 0) is 79.1 Å². The first-order chi connectivity index (χ1) is 16.6. The number of aromatic amines is 1. The van der Waals surface area contributed by atoms with Crippen molar-refractivity contribution < 1.29 is 0 Å². The Morgan fingerprint density at radius 2 is 1.66 bits per heavy atom. The predicted molar refractivity (Wildman–Crippen MR) is 152 cm³/mol. The molecule has 6 heteroatoms. The molecule has 1 aliphatic rings. The second kappa shape index (κ2) is 8.98. The summed E-state index contributed by atoms with van der Waals surface area (Å²) in [6.07, 6.45) is 1.93. The van der Waals surface area contributed by atoms with Crippen LogP contribution in [-0.4, -0.2) is 9.32 Å². The average Bonchev–Trinajstić information content (AvgIpc) is 3.11. The van der Waals surface area contributed by atoms with Gasteiger partial charge in [-0.3, -0.25) is 0 Å². The molecule has 3 nitrogen and oxygen atoms in total. The third-order valence-corrected chi connectivity index (χ3v) is 7.73. The van der Waals surface area contributed by atoms with Crippen molar-refractivity contribution in [3.05, 3.63) is 113 Å². The molecule has 1 aliphatic carbocycles.